The van der Waals surface area contributed by atoms with Gasteiger partial charge in [0.15, 0.2) is 0 Å². The van der Waals surface area contributed by atoms with E-state index in [2.05, 4.69) is 0 Å². The molecule has 62 valence electrons. The van der Waals surface area contributed by atoms with Gasteiger partial charge in [-0.05, 0) is 11.6 Å². The van der Waals surface area contributed by atoms with Crippen LogP contribution in [0.2, 0.25) is 0 Å². The zero-order chi connectivity index (χ0) is 8.39. The smallest absolute Gasteiger partial charge is 0.146 e. The van der Waals surface area contributed by atoms with Crippen LogP contribution in [-0.2, 0) is 4.74 Å². The van der Waals surface area contributed by atoms with Crippen molar-refractivity contribution in [3.8, 4) is 0 Å². The number of aliphatic hydroxyl groups excluding tert-OH is 1. The van der Waals surface area contributed by atoms with Gasteiger partial charge < -0.3 is 9.84 Å². The van der Waals surface area contributed by atoms with Crippen molar-refractivity contribution in [2.45, 2.75) is 6.10 Å². The highest BCUT2D eigenvalue weighted by molar-refractivity contribution is 5.55. The number of hydrogen-bond acceptors (Lipinski definition) is 2. The van der Waals surface area contributed by atoms with Crippen molar-refractivity contribution in [3.05, 3.63) is 41.7 Å². The van der Waals surface area contributed by atoms with E-state index in [0.29, 0.717) is 0 Å². The monoisotopic (exact) mass is 162 g/mol. The summed E-state index contributed by atoms with van der Waals surface area (Å²) in [5, 5.41) is 8.98. The lowest BCUT2D eigenvalue weighted by molar-refractivity contribution is 0.0760. The van der Waals surface area contributed by atoms with E-state index in [1.54, 1.807) is 6.26 Å². The lowest BCUT2D eigenvalue weighted by atomic mass is 10.0. The lowest BCUT2D eigenvalue weighted by Gasteiger charge is -2.20. The highest BCUT2D eigenvalue weighted by Gasteiger charge is 2.15. The summed E-state index contributed by atoms with van der Waals surface area (Å²) in [4.78, 5) is 0. The van der Waals surface area contributed by atoms with E-state index in [4.69, 9.17) is 9.84 Å². The largest absolute Gasteiger partial charge is 0.491 e. The Labute approximate surface area is 71.1 Å². The zero-order valence-electron chi connectivity index (χ0n) is 6.60. The standard InChI is InChI=1S/C10H10O2/c11-7-10-9-4-2-1-3-8(9)5-6-12-10/h1-6,10-11H,7H2. The number of rotatable bonds is 1. The molecule has 1 aromatic rings. The van der Waals surface area contributed by atoms with Gasteiger partial charge in [0.2, 0.25) is 0 Å². The van der Waals surface area contributed by atoms with Gasteiger partial charge in [-0.1, -0.05) is 24.3 Å². The van der Waals surface area contributed by atoms with E-state index in [9.17, 15) is 0 Å². The molecule has 1 aromatic carbocycles. The molecular weight excluding hydrogens is 152 g/mol. The first-order valence-electron chi connectivity index (χ1n) is 3.93. The second-order valence-corrected chi connectivity index (χ2v) is 2.74. The van der Waals surface area contributed by atoms with Crippen LogP contribution in [0.15, 0.2) is 30.5 Å². The van der Waals surface area contributed by atoms with Crippen LogP contribution in [0, 0.1) is 0 Å². The molecule has 0 bridgehead atoms. The fraction of sp³-hybridized carbons (Fsp3) is 0.200. The molecule has 2 nitrogen and oxygen atoms in total. The van der Waals surface area contributed by atoms with Crippen molar-refractivity contribution >= 4 is 6.08 Å². The van der Waals surface area contributed by atoms with E-state index in [-0.39, 0.29) is 12.7 Å². The zero-order valence-corrected chi connectivity index (χ0v) is 6.60. The maximum Gasteiger partial charge on any atom is 0.146 e. The normalized spacial score (nSPS) is 19.9. The van der Waals surface area contributed by atoms with Crippen LogP contribution < -0.4 is 0 Å². The highest BCUT2D eigenvalue weighted by Crippen LogP contribution is 2.26. The third-order valence-electron chi connectivity index (χ3n) is 2.00. The van der Waals surface area contributed by atoms with Gasteiger partial charge in [-0.15, -0.1) is 0 Å². The Morgan fingerprint density at radius 2 is 2.17 bits per heavy atom. The Morgan fingerprint density at radius 3 is 3.00 bits per heavy atom. The summed E-state index contributed by atoms with van der Waals surface area (Å²) in [5.41, 5.74) is 2.19. The molecule has 1 unspecified atom stereocenters. The maximum atomic E-state index is 8.98. The molecule has 1 aliphatic rings. The molecule has 0 spiro atoms. The van der Waals surface area contributed by atoms with Crippen LogP contribution in [0.1, 0.15) is 17.2 Å². The van der Waals surface area contributed by atoms with Gasteiger partial charge in [0, 0.05) is 5.56 Å². The SMILES string of the molecule is OCC1OC=Cc2ccccc21. The minimum atomic E-state index is -0.189. The molecule has 1 aliphatic heterocycles. The average Bonchev–Trinajstić information content (AvgIpc) is 2.17. The van der Waals surface area contributed by atoms with E-state index in [1.165, 1.54) is 0 Å². The van der Waals surface area contributed by atoms with Crippen molar-refractivity contribution in [2.24, 2.45) is 0 Å². The Kier molecular flexibility index (Phi) is 1.84. The van der Waals surface area contributed by atoms with E-state index < -0.39 is 0 Å². The summed E-state index contributed by atoms with van der Waals surface area (Å²) in [6.45, 7) is 0.0291. The first-order chi connectivity index (χ1) is 5.92. The molecule has 0 amide bonds. The van der Waals surface area contributed by atoms with Crippen LogP contribution in [0.3, 0.4) is 0 Å². The first-order valence-corrected chi connectivity index (χ1v) is 3.93. The number of benzene rings is 1. The van der Waals surface area contributed by atoms with Gasteiger partial charge in [-0.25, -0.2) is 0 Å². The number of fused-ring (bicyclic) bond motifs is 1. The van der Waals surface area contributed by atoms with Crippen LogP contribution in [0.4, 0.5) is 0 Å². The summed E-state index contributed by atoms with van der Waals surface area (Å²) in [5.74, 6) is 0. The molecule has 0 saturated carbocycles. The number of ether oxygens (including phenoxy) is 1. The fourth-order valence-corrected chi connectivity index (χ4v) is 1.38. The Morgan fingerprint density at radius 1 is 1.33 bits per heavy atom. The molecule has 1 atom stereocenters. The summed E-state index contributed by atoms with van der Waals surface area (Å²) in [7, 11) is 0. The quantitative estimate of drug-likeness (QED) is 0.681. The maximum absolute atomic E-state index is 8.98. The van der Waals surface area contributed by atoms with Crippen molar-refractivity contribution in [3.63, 3.8) is 0 Å². The summed E-state index contributed by atoms with van der Waals surface area (Å²) in [6.07, 6.45) is 3.34. The molecule has 2 rings (SSSR count). The van der Waals surface area contributed by atoms with Crippen LogP contribution >= 0.6 is 0 Å². The molecule has 1 N–H and O–H groups in total. The second kappa shape index (κ2) is 2.99. The Bertz CT molecular complexity index is 304. The molecule has 1 heterocycles. The van der Waals surface area contributed by atoms with Crippen molar-refractivity contribution < 1.29 is 9.84 Å². The van der Waals surface area contributed by atoms with Crippen molar-refractivity contribution in [1.29, 1.82) is 0 Å². The average molecular weight is 162 g/mol. The summed E-state index contributed by atoms with van der Waals surface area (Å²) in [6, 6.07) is 7.91. The summed E-state index contributed by atoms with van der Waals surface area (Å²) < 4.78 is 5.22. The van der Waals surface area contributed by atoms with Gasteiger partial charge >= 0.3 is 0 Å². The van der Waals surface area contributed by atoms with E-state index in [0.717, 1.165) is 11.1 Å². The topological polar surface area (TPSA) is 29.5 Å². The first kappa shape index (κ1) is 7.37. The molecule has 0 saturated heterocycles. The third kappa shape index (κ3) is 1.10. The van der Waals surface area contributed by atoms with Crippen LogP contribution in [0.5, 0.6) is 0 Å². The molecular formula is C10H10O2. The molecule has 0 fully saturated rings. The van der Waals surface area contributed by atoms with Crippen LogP contribution in [0.25, 0.3) is 6.08 Å². The fourth-order valence-electron chi connectivity index (χ4n) is 1.38. The predicted octanol–water partition coefficient (Wildman–Crippen LogP) is 1.72. The third-order valence-corrected chi connectivity index (χ3v) is 2.00. The highest BCUT2D eigenvalue weighted by atomic mass is 16.5. The Balaban J connectivity index is 2.45. The minimum absolute atomic E-state index is 0.0291. The number of hydrogen-bond donors (Lipinski definition) is 1. The summed E-state index contributed by atoms with van der Waals surface area (Å²) >= 11 is 0. The van der Waals surface area contributed by atoms with Crippen molar-refractivity contribution in [2.75, 3.05) is 6.61 Å². The van der Waals surface area contributed by atoms with Gasteiger partial charge in [0.25, 0.3) is 0 Å². The molecule has 0 radical (unpaired) electrons. The molecule has 0 aromatic heterocycles. The van der Waals surface area contributed by atoms with Gasteiger partial charge in [0.05, 0.1) is 12.9 Å². The lowest BCUT2D eigenvalue weighted by Crippen LogP contribution is -2.09. The van der Waals surface area contributed by atoms with Gasteiger partial charge in [-0.3, -0.25) is 0 Å². The van der Waals surface area contributed by atoms with Gasteiger partial charge in [-0.2, -0.15) is 0 Å². The second-order valence-electron chi connectivity index (χ2n) is 2.74. The van der Waals surface area contributed by atoms with Crippen molar-refractivity contribution in [1.82, 2.24) is 0 Å². The predicted molar refractivity (Wildman–Crippen MR) is 46.4 cm³/mol. The van der Waals surface area contributed by atoms with E-state index in [1.807, 2.05) is 30.3 Å². The molecule has 12 heavy (non-hydrogen) atoms. The Hall–Kier alpha value is -1.28. The molecule has 0 aliphatic carbocycles. The van der Waals surface area contributed by atoms with E-state index >= 15 is 0 Å². The molecule has 2 heteroatoms. The number of aliphatic hydroxyl groups is 1. The van der Waals surface area contributed by atoms with Gasteiger partial charge in [0.1, 0.15) is 6.10 Å². The minimum Gasteiger partial charge on any atom is -0.491 e. The van der Waals surface area contributed by atoms with Crippen LogP contribution in [-0.4, -0.2) is 11.7 Å².